The molecule has 0 saturated carbocycles. The molecule has 0 rings (SSSR count). The zero-order chi connectivity index (χ0) is 11.2. The maximum atomic E-state index is 9.84. The highest BCUT2D eigenvalue weighted by Crippen LogP contribution is 2.09. The van der Waals surface area contributed by atoms with E-state index in [2.05, 4.69) is 11.3 Å². The van der Waals surface area contributed by atoms with E-state index in [-0.39, 0.29) is 0 Å². The van der Waals surface area contributed by atoms with Crippen LogP contribution in [0.3, 0.4) is 0 Å². The van der Waals surface area contributed by atoms with E-state index in [1.165, 1.54) is 44.9 Å². The van der Waals surface area contributed by atoms with Crippen LogP contribution >= 0.6 is 0 Å². The molecule has 0 aliphatic rings. The number of carbonyl (C=O) groups is 1. The molecule has 15 heavy (non-hydrogen) atoms. The molecule has 88 valence electrons. The topological polar surface area (TPSA) is 26.3 Å². The van der Waals surface area contributed by atoms with E-state index in [1.807, 2.05) is 6.08 Å². The average molecular weight is 212 g/mol. The van der Waals surface area contributed by atoms with Crippen LogP contribution in [0.4, 0.5) is 0 Å². The fourth-order valence-corrected chi connectivity index (χ4v) is 1.58. The smallest absolute Gasteiger partial charge is 0.293 e. The van der Waals surface area contributed by atoms with E-state index in [0.29, 0.717) is 13.1 Å². The summed E-state index contributed by atoms with van der Waals surface area (Å²) in [5.41, 5.74) is 0. The van der Waals surface area contributed by atoms with E-state index in [9.17, 15) is 4.79 Å². The van der Waals surface area contributed by atoms with Crippen molar-refractivity contribution in [1.82, 2.24) is 0 Å². The molecule has 0 unspecified atom stereocenters. The van der Waals surface area contributed by atoms with Crippen LogP contribution in [0.15, 0.2) is 12.7 Å². The van der Waals surface area contributed by atoms with Gasteiger partial charge in [-0.15, -0.1) is 6.58 Å². The highest BCUT2D eigenvalue weighted by Gasteiger charge is 1.92. The van der Waals surface area contributed by atoms with Gasteiger partial charge < -0.3 is 4.74 Å². The second-order valence-electron chi connectivity index (χ2n) is 3.87. The number of carbonyl (C=O) groups excluding carboxylic acids is 1. The van der Waals surface area contributed by atoms with Crippen LogP contribution in [0.5, 0.6) is 0 Å². The lowest BCUT2D eigenvalue weighted by molar-refractivity contribution is -0.128. The van der Waals surface area contributed by atoms with Crippen molar-refractivity contribution in [2.45, 2.75) is 57.8 Å². The minimum absolute atomic E-state index is 0.527. The van der Waals surface area contributed by atoms with Gasteiger partial charge in [-0.1, -0.05) is 44.6 Å². The molecule has 0 N–H and O–H groups in total. The molecule has 0 heterocycles. The molecule has 2 nitrogen and oxygen atoms in total. The SMILES string of the molecule is C=CCCCCCCCCCCOC=O. The molecule has 0 bridgehead atoms. The Morgan fingerprint density at radius 1 is 0.867 bits per heavy atom. The Hall–Kier alpha value is -0.790. The Morgan fingerprint density at radius 2 is 1.40 bits per heavy atom. The number of ether oxygens (including phenoxy) is 1. The Morgan fingerprint density at radius 3 is 1.93 bits per heavy atom. The van der Waals surface area contributed by atoms with Crippen molar-refractivity contribution < 1.29 is 9.53 Å². The Balaban J connectivity index is 2.86. The van der Waals surface area contributed by atoms with Crippen molar-refractivity contribution in [3.63, 3.8) is 0 Å². The molecular formula is C13H24O2. The summed E-state index contributed by atoms with van der Waals surface area (Å²) < 4.78 is 4.62. The average Bonchev–Trinajstić information content (AvgIpc) is 2.26. The van der Waals surface area contributed by atoms with Gasteiger partial charge in [-0.3, -0.25) is 4.79 Å². The van der Waals surface area contributed by atoms with Gasteiger partial charge in [0.1, 0.15) is 0 Å². The summed E-state index contributed by atoms with van der Waals surface area (Å²) >= 11 is 0. The number of hydrogen-bond acceptors (Lipinski definition) is 2. The molecule has 0 saturated heterocycles. The van der Waals surface area contributed by atoms with Gasteiger partial charge in [0.05, 0.1) is 6.61 Å². The Labute approximate surface area is 93.7 Å². The third-order valence-corrected chi connectivity index (χ3v) is 2.49. The predicted molar refractivity (Wildman–Crippen MR) is 63.8 cm³/mol. The second-order valence-corrected chi connectivity index (χ2v) is 3.87. The van der Waals surface area contributed by atoms with Crippen molar-refractivity contribution >= 4 is 6.47 Å². The van der Waals surface area contributed by atoms with Crippen LogP contribution in [-0.4, -0.2) is 13.1 Å². The molecule has 0 aliphatic heterocycles. The number of hydrogen-bond donors (Lipinski definition) is 0. The van der Waals surface area contributed by atoms with Gasteiger partial charge in [0.2, 0.25) is 0 Å². The molecular weight excluding hydrogens is 188 g/mol. The zero-order valence-electron chi connectivity index (χ0n) is 9.75. The highest BCUT2D eigenvalue weighted by atomic mass is 16.5. The summed E-state index contributed by atoms with van der Waals surface area (Å²) in [6, 6.07) is 0. The van der Waals surface area contributed by atoms with Crippen LogP contribution in [0.2, 0.25) is 0 Å². The van der Waals surface area contributed by atoms with Gasteiger partial charge in [-0.25, -0.2) is 0 Å². The number of unbranched alkanes of at least 4 members (excludes halogenated alkanes) is 8. The first-order valence-corrected chi connectivity index (χ1v) is 6.08. The molecule has 0 fully saturated rings. The van der Waals surface area contributed by atoms with Gasteiger partial charge in [-0.05, 0) is 19.3 Å². The van der Waals surface area contributed by atoms with Gasteiger partial charge in [0, 0.05) is 0 Å². The molecule has 0 aromatic heterocycles. The Bertz CT molecular complexity index is 127. The maximum absolute atomic E-state index is 9.84. The van der Waals surface area contributed by atoms with Crippen LogP contribution in [0.25, 0.3) is 0 Å². The van der Waals surface area contributed by atoms with Crippen molar-refractivity contribution in [2.24, 2.45) is 0 Å². The zero-order valence-corrected chi connectivity index (χ0v) is 9.75. The standard InChI is InChI=1S/C13H24O2/c1-2-3-4-5-6-7-8-9-10-11-12-15-13-14/h2,13H,1,3-12H2. The van der Waals surface area contributed by atoms with Crippen LogP contribution < -0.4 is 0 Å². The third kappa shape index (κ3) is 13.2. The monoisotopic (exact) mass is 212 g/mol. The third-order valence-electron chi connectivity index (χ3n) is 2.49. The summed E-state index contributed by atoms with van der Waals surface area (Å²) in [7, 11) is 0. The largest absolute Gasteiger partial charge is 0.468 e. The van der Waals surface area contributed by atoms with Gasteiger partial charge >= 0.3 is 0 Å². The number of rotatable bonds is 12. The van der Waals surface area contributed by atoms with Crippen molar-refractivity contribution in [3.8, 4) is 0 Å². The summed E-state index contributed by atoms with van der Waals surface area (Å²) in [5, 5.41) is 0. The predicted octanol–water partition coefficient (Wildman–Crippen LogP) is 3.86. The molecule has 0 aromatic carbocycles. The summed E-state index contributed by atoms with van der Waals surface area (Å²) in [6.45, 7) is 4.82. The Kier molecular flexibility index (Phi) is 12.5. The maximum Gasteiger partial charge on any atom is 0.293 e. The van der Waals surface area contributed by atoms with Crippen molar-refractivity contribution in [2.75, 3.05) is 6.61 Å². The minimum atomic E-state index is 0.527. The summed E-state index contributed by atoms with van der Waals surface area (Å²) in [6.07, 6.45) is 13.2. The molecule has 2 heteroatoms. The van der Waals surface area contributed by atoms with E-state index in [1.54, 1.807) is 0 Å². The molecule has 0 aromatic rings. The van der Waals surface area contributed by atoms with Crippen LogP contribution in [0, 0.1) is 0 Å². The lowest BCUT2D eigenvalue weighted by atomic mass is 10.1. The van der Waals surface area contributed by atoms with Crippen LogP contribution in [-0.2, 0) is 9.53 Å². The van der Waals surface area contributed by atoms with E-state index in [0.717, 1.165) is 12.8 Å². The first-order chi connectivity index (χ1) is 7.41. The molecule has 0 radical (unpaired) electrons. The molecule has 0 amide bonds. The lowest BCUT2D eigenvalue weighted by Gasteiger charge is -2.01. The van der Waals surface area contributed by atoms with Crippen molar-refractivity contribution in [3.05, 3.63) is 12.7 Å². The molecule has 0 aliphatic carbocycles. The van der Waals surface area contributed by atoms with Crippen molar-refractivity contribution in [1.29, 1.82) is 0 Å². The minimum Gasteiger partial charge on any atom is -0.468 e. The highest BCUT2D eigenvalue weighted by molar-refractivity contribution is 5.36. The second kappa shape index (κ2) is 13.2. The van der Waals surface area contributed by atoms with Gasteiger partial charge in [0.15, 0.2) is 0 Å². The molecule has 0 spiro atoms. The normalized spacial score (nSPS) is 9.87. The first-order valence-electron chi connectivity index (χ1n) is 6.08. The van der Waals surface area contributed by atoms with Gasteiger partial charge in [-0.2, -0.15) is 0 Å². The fraction of sp³-hybridized carbons (Fsp3) is 0.769. The first kappa shape index (κ1) is 14.2. The lowest BCUT2D eigenvalue weighted by Crippen LogP contribution is -1.91. The summed E-state index contributed by atoms with van der Waals surface area (Å²) in [5.74, 6) is 0. The van der Waals surface area contributed by atoms with Crippen LogP contribution in [0.1, 0.15) is 57.8 Å². The molecule has 0 atom stereocenters. The van der Waals surface area contributed by atoms with E-state index in [4.69, 9.17) is 0 Å². The van der Waals surface area contributed by atoms with E-state index < -0.39 is 0 Å². The quantitative estimate of drug-likeness (QED) is 0.279. The van der Waals surface area contributed by atoms with Gasteiger partial charge in [0.25, 0.3) is 6.47 Å². The van der Waals surface area contributed by atoms with E-state index >= 15 is 0 Å². The summed E-state index contributed by atoms with van der Waals surface area (Å²) in [4.78, 5) is 9.84. The fourth-order valence-electron chi connectivity index (χ4n) is 1.58. The number of allylic oxidation sites excluding steroid dienone is 1.